The van der Waals surface area contributed by atoms with Crippen LogP contribution in [0.1, 0.15) is 22.0 Å². The molecule has 0 radical (unpaired) electrons. The van der Waals surface area contributed by atoms with Crippen LogP contribution < -0.4 is 5.32 Å². The second kappa shape index (κ2) is 4.65. The Morgan fingerprint density at radius 2 is 2.44 bits per heavy atom. The van der Waals surface area contributed by atoms with Gasteiger partial charge in [0, 0.05) is 19.0 Å². The second-order valence-electron chi connectivity index (χ2n) is 3.41. The zero-order chi connectivity index (χ0) is 11.4. The van der Waals surface area contributed by atoms with E-state index in [9.17, 15) is 4.79 Å². The van der Waals surface area contributed by atoms with Gasteiger partial charge >= 0.3 is 0 Å². The Hall–Kier alpha value is -2.04. The van der Waals surface area contributed by atoms with Crippen LogP contribution in [0.5, 0.6) is 0 Å². The first kappa shape index (κ1) is 10.5. The van der Waals surface area contributed by atoms with Crippen molar-refractivity contribution in [1.29, 1.82) is 0 Å². The molecule has 0 saturated carbocycles. The lowest BCUT2D eigenvalue weighted by atomic mass is 10.3. The normalized spacial score (nSPS) is 10.3. The van der Waals surface area contributed by atoms with Crippen molar-refractivity contribution in [2.45, 2.75) is 13.3 Å². The van der Waals surface area contributed by atoms with E-state index in [1.165, 1.54) is 6.26 Å². The van der Waals surface area contributed by atoms with Gasteiger partial charge in [0.2, 0.25) is 0 Å². The van der Waals surface area contributed by atoms with Crippen molar-refractivity contribution in [1.82, 2.24) is 10.5 Å². The molecule has 0 aromatic carbocycles. The molecule has 2 rings (SSSR count). The highest BCUT2D eigenvalue weighted by Gasteiger charge is 2.07. The quantitative estimate of drug-likeness (QED) is 0.848. The van der Waals surface area contributed by atoms with Crippen molar-refractivity contribution in [3.8, 4) is 0 Å². The molecular formula is C11H12N2O3. The summed E-state index contributed by atoms with van der Waals surface area (Å²) in [6.45, 7) is 2.34. The first-order valence-corrected chi connectivity index (χ1v) is 4.99. The molecule has 2 aromatic heterocycles. The SMILES string of the molecule is Cc1cc(CCNC(=O)c2ccco2)no1. The van der Waals surface area contributed by atoms with Crippen LogP contribution in [0, 0.1) is 6.92 Å². The van der Waals surface area contributed by atoms with E-state index in [2.05, 4.69) is 10.5 Å². The summed E-state index contributed by atoms with van der Waals surface area (Å²) in [4.78, 5) is 11.5. The maximum absolute atomic E-state index is 11.5. The zero-order valence-electron chi connectivity index (χ0n) is 8.90. The minimum atomic E-state index is -0.217. The fraction of sp³-hybridized carbons (Fsp3) is 0.273. The van der Waals surface area contributed by atoms with E-state index in [0.717, 1.165) is 11.5 Å². The molecule has 1 amide bonds. The molecular weight excluding hydrogens is 208 g/mol. The van der Waals surface area contributed by atoms with Crippen LogP contribution in [0.2, 0.25) is 0 Å². The lowest BCUT2D eigenvalue weighted by Crippen LogP contribution is -2.25. The van der Waals surface area contributed by atoms with E-state index in [-0.39, 0.29) is 5.91 Å². The van der Waals surface area contributed by atoms with Gasteiger partial charge in [-0.15, -0.1) is 0 Å². The maximum Gasteiger partial charge on any atom is 0.286 e. The molecule has 2 aromatic rings. The molecule has 0 fully saturated rings. The maximum atomic E-state index is 11.5. The van der Waals surface area contributed by atoms with Crippen LogP contribution in [0.4, 0.5) is 0 Å². The summed E-state index contributed by atoms with van der Waals surface area (Å²) in [5.74, 6) is 0.869. The lowest BCUT2D eigenvalue weighted by molar-refractivity contribution is 0.0926. The number of carbonyl (C=O) groups excluding carboxylic acids is 1. The molecule has 16 heavy (non-hydrogen) atoms. The topological polar surface area (TPSA) is 68.3 Å². The number of nitrogens with one attached hydrogen (secondary N) is 1. The Morgan fingerprint density at radius 3 is 3.06 bits per heavy atom. The van der Waals surface area contributed by atoms with E-state index in [4.69, 9.17) is 8.94 Å². The summed E-state index contributed by atoms with van der Waals surface area (Å²) in [5.41, 5.74) is 0.831. The number of hydrogen-bond acceptors (Lipinski definition) is 4. The number of amides is 1. The molecule has 1 N–H and O–H groups in total. The van der Waals surface area contributed by atoms with E-state index < -0.39 is 0 Å². The fourth-order valence-electron chi connectivity index (χ4n) is 1.33. The summed E-state index contributed by atoms with van der Waals surface area (Å²) >= 11 is 0. The van der Waals surface area contributed by atoms with Gasteiger partial charge in [-0.3, -0.25) is 4.79 Å². The van der Waals surface area contributed by atoms with Gasteiger partial charge in [-0.2, -0.15) is 0 Å². The predicted octanol–water partition coefficient (Wildman–Crippen LogP) is 1.55. The lowest BCUT2D eigenvalue weighted by Gasteiger charge is -2.00. The molecule has 0 atom stereocenters. The van der Waals surface area contributed by atoms with Gasteiger partial charge in [-0.05, 0) is 19.1 Å². The first-order chi connectivity index (χ1) is 7.75. The molecule has 2 heterocycles. The highest BCUT2D eigenvalue weighted by atomic mass is 16.5. The average Bonchev–Trinajstić information content (AvgIpc) is 2.89. The Kier molecular flexibility index (Phi) is 3.05. The minimum Gasteiger partial charge on any atom is -0.459 e. The Balaban J connectivity index is 1.78. The summed E-state index contributed by atoms with van der Waals surface area (Å²) < 4.78 is 9.87. The third-order valence-electron chi connectivity index (χ3n) is 2.09. The zero-order valence-corrected chi connectivity index (χ0v) is 8.90. The summed E-state index contributed by atoms with van der Waals surface area (Å²) in [7, 11) is 0. The monoisotopic (exact) mass is 220 g/mol. The van der Waals surface area contributed by atoms with Crippen molar-refractivity contribution in [2.24, 2.45) is 0 Å². The first-order valence-electron chi connectivity index (χ1n) is 4.99. The van der Waals surface area contributed by atoms with Crippen molar-refractivity contribution in [3.05, 3.63) is 41.7 Å². The molecule has 0 aliphatic rings. The van der Waals surface area contributed by atoms with Crippen LogP contribution in [0.25, 0.3) is 0 Å². The van der Waals surface area contributed by atoms with Crippen LogP contribution >= 0.6 is 0 Å². The van der Waals surface area contributed by atoms with E-state index >= 15 is 0 Å². The van der Waals surface area contributed by atoms with Gasteiger partial charge in [-0.25, -0.2) is 0 Å². The van der Waals surface area contributed by atoms with Gasteiger partial charge < -0.3 is 14.3 Å². The van der Waals surface area contributed by atoms with Crippen molar-refractivity contribution in [2.75, 3.05) is 6.54 Å². The molecule has 84 valence electrons. The summed E-state index contributed by atoms with van der Waals surface area (Å²) in [6, 6.07) is 5.14. The number of rotatable bonds is 4. The van der Waals surface area contributed by atoms with Gasteiger partial charge in [-0.1, -0.05) is 5.16 Å². The van der Waals surface area contributed by atoms with Crippen LogP contribution in [0.15, 0.2) is 33.4 Å². The molecule has 0 unspecified atom stereocenters. The van der Waals surface area contributed by atoms with Crippen LogP contribution in [-0.4, -0.2) is 17.6 Å². The van der Waals surface area contributed by atoms with Gasteiger partial charge in [0.1, 0.15) is 5.76 Å². The van der Waals surface area contributed by atoms with E-state index in [0.29, 0.717) is 18.7 Å². The number of carbonyl (C=O) groups is 1. The largest absolute Gasteiger partial charge is 0.459 e. The highest BCUT2D eigenvalue weighted by molar-refractivity contribution is 5.91. The Morgan fingerprint density at radius 1 is 1.56 bits per heavy atom. The third kappa shape index (κ3) is 2.50. The molecule has 0 saturated heterocycles. The number of nitrogens with zero attached hydrogens (tertiary/aromatic N) is 1. The second-order valence-corrected chi connectivity index (χ2v) is 3.41. The number of aryl methyl sites for hydroxylation is 1. The molecule has 0 aliphatic carbocycles. The average molecular weight is 220 g/mol. The summed E-state index contributed by atoms with van der Waals surface area (Å²) in [6.07, 6.45) is 2.11. The standard InChI is InChI=1S/C11H12N2O3/c1-8-7-9(13-16-8)4-5-12-11(14)10-3-2-6-15-10/h2-3,6-7H,4-5H2,1H3,(H,12,14). The fourth-order valence-corrected chi connectivity index (χ4v) is 1.33. The summed E-state index contributed by atoms with van der Waals surface area (Å²) in [5, 5.41) is 6.55. The minimum absolute atomic E-state index is 0.217. The van der Waals surface area contributed by atoms with Crippen LogP contribution in [0.3, 0.4) is 0 Å². The van der Waals surface area contributed by atoms with E-state index in [1.54, 1.807) is 12.1 Å². The van der Waals surface area contributed by atoms with Crippen molar-refractivity contribution >= 4 is 5.91 Å². The van der Waals surface area contributed by atoms with Gasteiger partial charge in [0.25, 0.3) is 5.91 Å². The molecule has 5 nitrogen and oxygen atoms in total. The van der Waals surface area contributed by atoms with Crippen molar-refractivity contribution in [3.63, 3.8) is 0 Å². The molecule has 5 heteroatoms. The third-order valence-corrected chi connectivity index (χ3v) is 2.09. The van der Waals surface area contributed by atoms with Crippen LogP contribution in [-0.2, 0) is 6.42 Å². The predicted molar refractivity (Wildman–Crippen MR) is 56.0 cm³/mol. The number of furan rings is 1. The number of hydrogen-bond donors (Lipinski definition) is 1. The Bertz CT molecular complexity index is 459. The molecule has 0 aliphatic heterocycles. The highest BCUT2D eigenvalue weighted by Crippen LogP contribution is 2.02. The molecule has 0 spiro atoms. The van der Waals surface area contributed by atoms with Gasteiger partial charge in [0.05, 0.1) is 12.0 Å². The van der Waals surface area contributed by atoms with Crippen molar-refractivity contribution < 1.29 is 13.7 Å². The van der Waals surface area contributed by atoms with E-state index in [1.807, 2.05) is 13.0 Å². The smallest absolute Gasteiger partial charge is 0.286 e. The number of aromatic nitrogens is 1. The van der Waals surface area contributed by atoms with Gasteiger partial charge in [0.15, 0.2) is 5.76 Å². The Labute approximate surface area is 92.4 Å². The molecule has 0 bridgehead atoms.